The van der Waals surface area contributed by atoms with Crippen LogP contribution in [0.25, 0.3) is 0 Å². The van der Waals surface area contributed by atoms with Gasteiger partial charge in [-0.15, -0.1) is 0 Å². The maximum Gasteiger partial charge on any atom is 0.164 e. The van der Waals surface area contributed by atoms with Gasteiger partial charge in [0.2, 0.25) is 0 Å². The van der Waals surface area contributed by atoms with Crippen molar-refractivity contribution in [1.82, 2.24) is 0 Å². The molecule has 0 aromatic carbocycles. The van der Waals surface area contributed by atoms with Gasteiger partial charge in [0, 0.05) is 11.3 Å². The van der Waals surface area contributed by atoms with Crippen LogP contribution < -0.4 is 0 Å². The third kappa shape index (κ3) is 4.18. The molecular formula is C31H50O7. The highest BCUT2D eigenvalue weighted by Gasteiger charge is 2.69. The number of fused-ring (bicyclic) bond motifs is 5. The van der Waals surface area contributed by atoms with Gasteiger partial charge < -0.3 is 29.9 Å². The Kier molecular flexibility index (Phi) is 6.67. The van der Waals surface area contributed by atoms with Gasteiger partial charge in [0.15, 0.2) is 11.6 Å². The van der Waals surface area contributed by atoms with Gasteiger partial charge in [0.05, 0.1) is 35.1 Å². The predicted octanol–water partition coefficient (Wildman–Crippen LogP) is 4.04. The quantitative estimate of drug-likeness (QED) is 0.430. The van der Waals surface area contributed by atoms with E-state index in [1.807, 2.05) is 27.7 Å². The molecule has 4 aliphatic carbocycles. The molecule has 5 aliphatic rings. The summed E-state index contributed by atoms with van der Waals surface area (Å²) in [6, 6.07) is 0. The maximum atomic E-state index is 13.5. The number of ketones is 1. The average molecular weight is 535 g/mol. The molecule has 0 radical (unpaired) electrons. The van der Waals surface area contributed by atoms with E-state index in [1.54, 1.807) is 6.08 Å². The van der Waals surface area contributed by atoms with Crippen molar-refractivity contribution in [2.24, 2.45) is 28.6 Å². The topological polar surface area (TPSA) is 116 Å². The van der Waals surface area contributed by atoms with Crippen molar-refractivity contribution >= 4 is 5.78 Å². The second-order valence-corrected chi connectivity index (χ2v) is 15.1. The molecule has 4 N–H and O–H groups in total. The van der Waals surface area contributed by atoms with Gasteiger partial charge in [-0.05, 0) is 121 Å². The molecule has 1 aliphatic heterocycles. The van der Waals surface area contributed by atoms with Gasteiger partial charge in [0.25, 0.3) is 0 Å². The summed E-state index contributed by atoms with van der Waals surface area (Å²) in [5.74, 6) is -1.16. The van der Waals surface area contributed by atoms with E-state index in [9.17, 15) is 25.2 Å². The summed E-state index contributed by atoms with van der Waals surface area (Å²) in [7, 11) is 0. The van der Waals surface area contributed by atoms with Crippen molar-refractivity contribution in [2.75, 3.05) is 0 Å². The van der Waals surface area contributed by atoms with Crippen LogP contribution in [0.5, 0.6) is 0 Å². The summed E-state index contributed by atoms with van der Waals surface area (Å²) in [6.45, 7) is 13.9. The molecule has 0 amide bonds. The lowest BCUT2D eigenvalue weighted by molar-refractivity contribution is -0.224. The number of ether oxygens (including phenoxy) is 2. The van der Waals surface area contributed by atoms with Crippen LogP contribution in [-0.4, -0.2) is 67.1 Å². The van der Waals surface area contributed by atoms with Gasteiger partial charge in [-0.2, -0.15) is 0 Å². The summed E-state index contributed by atoms with van der Waals surface area (Å²) in [4.78, 5) is 13.5. The van der Waals surface area contributed by atoms with E-state index in [1.165, 1.54) is 0 Å². The van der Waals surface area contributed by atoms with Crippen LogP contribution in [0, 0.1) is 28.6 Å². The van der Waals surface area contributed by atoms with E-state index < -0.39 is 45.6 Å². The maximum absolute atomic E-state index is 13.5. The molecule has 1 saturated heterocycles. The highest BCUT2D eigenvalue weighted by Crippen LogP contribution is 2.68. The third-order valence-corrected chi connectivity index (χ3v) is 11.6. The minimum Gasteiger partial charge on any atom is -0.390 e. The molecule has 10 atom stereocenters. The van der Waals surface area contributed by atoms with E-state index in [-0.39, 0.29) is 36.1 Å². The Morgan fingerprint density at radius 3 is 2.37 bits per heavy atom. The van der Waals surface area contributed by atoms with Gasteiger partial charge in [-0.3, -0.25) is 4.79 Å². The SMILES string of the molecule is CC(C)(O)CCC1OC(C)(C)OC1(C)C1CCCC2(O)C3=CC(=O)C4CC(O)C(O)CC4(C)C3CCC12C. The zero-order chi connectivity index (χ0) is 28.1. The number of aliphatic hydroxyl groups is 4. The summed E-state index contributed by atoms with van der Waals surface area (Å²) >= 11 is 0. The van der Waals surface area contributed by atoms with Crippen molar-refractivity contribution < 1.29 is 34.7 Å². The van der Waals surface area contributed by atoms with Crippen LogP contribution in [0.2, 0.25) is 0 Å². The average Bonchev–Trinajstić information content (AvgIpc) is 3.02. The Morgan fingerprint density at radius 1 is 1.03 bits per heavy atom. The normalized spacial score (nSPS) is 50.6. The van der Waals surface area contributed by atoms with E-state index in [2.05, 4.69) is 20.8 Å². The van der Waals surface area contributed by atoms with Crippen molar-refractivity contribution in [3.05, 3.63) is 11.6 Å². The van der Waals surface area contributed by atoms with E-state index >= 15 is 0 Å². The van der Waals surface area contributed by atoms with Crippen LogP contribution in [0.1, 0.15) is 106 Å². The first-order chi connectivity index (χ1) is 17.4. The number of hydrogen-bond acceptors (Lipinski definition) is 7. The summed E-state index contributed by atoms with van der Waals surface area (Å²) in [5.41, 5.74) is -2.83. The molecule has 5 rings (SSSR count). The Morgan fingerprint density at radius 2 is 1.71 bits per heavy atom. The summed E-state index contributed by atoms with van der Waals surface area (Å²) < 4.78 is 13.2. The fourth-order valence-electron chi connectivity index (χ4n) is 9.70. The number of rotatable bonds is 4. The number of aliphatic hydroxyl groups excluding tert-OH is 2. The molecule has 0 aromatic heterocycles. The van der Waals surface area contributed by atoms with Gasteiger partial charge >= 0.3 is 0 Å². The molecule has 7 heteroatoms. The monoisotopic (exact) mass is 534 g/mol. The molecule has 0 aromatic rings. The number of carbonyl (C=O) groups is 1. The fourth-order valence-corrected chi connectivity index (χ4v) is 9.70. The van der Waals surface area contributed by atoms with Crippen molar-refractivity contribution in [3.63, 3.8) is 0 Å². The van der Waals surface area contributed by atoms with Crippen LogP contribution in [0.4, 0.5) is 0 Å². The number of allylic oxidation sites excluding steroid dienone is 1. The molecule has 0 spiro atoms. The molecule has 0 bridgehead atoms. The van der Waals surface area contributed by atoms with Gasteiger partial charge in [0.1, 0.15) is 0 Å². The molecule has 3 saturated carbocycles. The second-order valence-electron chi connectivity index (χ2n) is 15.1. The molecule has 10 unspecified atom stereocenters. The fraction of sp³-hybridized carbons (Fsp3) is 0.903. The van der Waals surface area contributed by atoms with E-state index in [0.29, 0.717) is 25.7 Å². The van der Waals surface area contributed by atoms with Crippen molar-refractivity contribution in [2.45, 2.75) is 147 Å². The molecule has 216 valence electrons. The Balaban J connectivity index is 1.53. The molecule has 7 nitrogen and oxygen atoms in total. The third-order valence-electron chi connectivity index (χ3n) is 11.6. The Labute approximate surface area is 228 Å². The highest BCUT2D eigenvalue weighted by atomic mass is 16.8. The molecular weight excluding hydrogens is 484 g/mol. The number of hydrogen-bond donors (Lipinski definition) is 4. The molecule has 1 heterocycles. The van der Waals surface area contributed by atoms with Crippen LogP contribution in [0.3, 0.4) is 0 Å². The minimum atomic E-state index is -1.16. The highest BCUT2D eigenvalue weighted by molar-refractivity contribution is 5.95. The lowest BCUT2D eigenvalue weighted by Gasteiger charge is -2.65. The summed E-state index contributed by atoms with van der Waals surface area (Å²) in [6.07, 6.45) is 5.51. The second kappa shape index (κ2) is 8.83. The predicted molar refractivity (Wildman–Crippen MR) is 143 cm³/mol. The lowest BCUT2D eigenvalue weighted by Crippen LogP contribution is -2.67. The Bertz CT molecular complexity index is 999. The zero-order valence-electron chi connectivity index (χ0n) is 24.4. The first kappa shape index (κ1) is 28.7. The number of carbonyl (C=O) groups excluding carboxylic acids is 1. The van der Waals surface area contributed by atoms with Gasteiger partial charge in [-0.1, -0.05) is 13.8 Å². The van der Waals surface area contributed by atoms with E-state index in [4.69, 9.17) is 9.47 Å². The summed E-state index contributed by atoms with van der Waals surface area (Å²) in [5, 5.41) is 44.2. The zero-order valence-corrected chi connectivity index (χ0v) is 24.4. The van der Waals surface area contributed by atoms with E-state index in [0.717, 1.165) is 31.3 Å². The van der Waals surface area contributed by atoms with Crippen LogP contribution in [0.15, 0.2) is 11.6 Å². The molecule has 4 fully saturated rings. The Hall–Kier alpha value is -0.830. The minimum absolute atomic E-state index is 0.0106. The van der Waals surface area contributed by atoms with Crippen LogP contribution >= 0.6 is 0 Å². The smallest absolute Gasteiger partial charge is 0.164 e. The largest absolute Gasteiger partial charge is 0.390 e. The standard InChI is InChI=1S/C31H50O7/c1-26(2,35)13-11-25-30(7,38-27(3,4)37-25)24-9-8-12-31(36)19-15-21(32)20-16-22(33)23(34)17-28(20,5)18(19)10-14-29(24,31)6/h15,18,20,22-25,33-36H,8-14,16-17H2,1-7H3. The van der Waals surface area contributed by atoms with Crippen LogP contribution in [-0.2, 0) is 14.3 Å². The first-order valence-electron chi connectivity index (χ1n) is 14.8. The lowest BCUT2D eigenvalue weighted by atomic mass is 9.41. The molecule has 38 heavy (non-hydrogen) atoms. The van der Waals surface area contributed by atoms with Crippen molar-refractivity contribution in [3.8, 4) is 0 Å². The van der Waals surface area contributed by atoms with Crippen molar-refractivity contribution in [1.29, 1.82) is 0 Å². The van der Waals surface area contributed by atoms with Gasteiger partial charge in [-0.25, -0.2) is 0 Å². The first-order valence-corrected chi connectivity index (χ1v) is 14.8.